The molecule has 0 heterocycles. The second-order valence-corrected chi connectivity index (χ2v) is 2.11. The molecule has 0 saturated heterocycles. The molecular weight excluding hydrogens is 164 g/mol. The summed E-state index contributed by atoms with van der Waals surface area (Å²) >= 11 is 0. The zero-order valence-electron chi connectivity index (χ0n) is 6.49. The molecule has 0 aliphatic heterocycles. The number of ether oxygens (including phenoxy) is 1. The molecule has 0 spiro atoms. The van der Waals surface area contributed by atoms with Gasteiger partial charge < -0.3 is 9.84 Å². The van der Waals surface area contributed by atoms with Gasteiger partial charge in [-0.2, -0.15) is 0 Å². The molecule has 0 saturated carbocycles. The van der Waals surface area contributed by atoms with Gasteiger partial charge in [0.15, 0.2) is 0 Å². The molecule has 0 atom stereocenters. The quantitative estimate of drug-likeness (QED) is 0.371. The lowest BCUT2D eigenvalue weighted by Gasteiger charge is -1.98. The molecule has 5 nitrogen and oxygen atoms in total. The van der Waals surface area contributed by atoms with Crippen molar-refractivity contribution >= 4 is 17.9 Å². The number of hydrogen-bond acceptors (Lipinski definition) is 4. The largest absolute Gasteiger partial charge is 0.481 e. The number of rotatable bonds is 3. The minimum Gasteiger partial charge on any atom is -0.481 e. The first-order chi connectivity index (χ1) is 5.43. The Morgan fingerprint density at radius 2 is 1.92 bits per heavy atom. The van der Waals surface area contributed by atoms with Gasteiger partial charge >= 0.3 is 17.9 Å². The summed E-state index contributed by atoms with van der Waals surface area (Å²) in [5.41, 5.74) is 0.0498. The Balaban J connectivity index is 3.94. The summed E-state index contributed by atoms with van der Waals surface area (Å²) in [6.45, 7) is 4.57. The second-order valence-electron chi connectivity index (χ2n) is 2.11. The van der Waals surface area contributed by atoms with E-state index in [1.165, 1.54) is 6.92 Å². The lowest BCUT2D eigenvalue weighted by molar-refractivity contribution is -0.159. The Kier molecular flexibility index (Phi) is 3.69. The smallest absolute Gasteiger partial charge is 0.340 e. The highest BCUT2D eigenvalue weighted by Crippen LogP contribution is 1.94. The van der Waals surface area contributed by atoms with E-state index in [4.69, 9.17) is 5.11 Å². The molecule has 0 fully saturated rings. The lowest BCUT2D eigenvalue weighted by atomic mass is 10.3. The summed E-state index contributed by atoms with van der Waals surface area (Å²) in [6, 6.07) is 0. The Labute approximate surface area is 68.6 Å². The van der Waals surface area contributed by atoms with E-state index in [1.807, 2.05) is 0 Å². The lowest BCUT2D eigenvalue weighted by Crippen LogP contribution is -2.15. The zero-order chi connectivity index (χ0) is 9.72. The molecule has 0 aliphatic rings. The molecule has 0 aromatic heterocycles. The average molecular weight is 172 g/mol. The molecule has 0 rings (SSSR count). The molecule has 0 amide bonds. The molecule has 0 aromatic rings. The maximum Gasteiger partial charge on any atom is 0.340 e. The van der Waals surface area contributed by atoms with Gasteiger partial charge in [-0.3, -0.25) is 9.59 Å². The highest BCUT2D eigenvalue weighted by Gasteiger charge is 2.13. The molecule has 0 unspecified atom stereocenters. The number of aliphatic carboxylic acids is 1. The molecule has 0 aliphatic carbocycles. The van der Waals surface area contributed by atoms with E-state index in [2.05, 4.69) is 11.3 Å². The summed E-state index contributed by atoms with van der Waals surface area (Å²) in [5, 5.41) is 8.10. The normalized spacial score (nSPS) is 8.75. The third-order valence-corrected chi connectivity index (χ3v) is 0.851. The number of hydrogen-bond donors (Lipinski definition) is 1. The Bertz CT molecular complexity index is 240. The van der Waals surface area contributed by atoms with Crippen molar-refractivity contribution in [1.29, 1.82) is 0 Å². The van der Waals surface area contributed by atoms with Gasteiger partial charge in [0.1, 0.15) is 6.42 Å². The highest BCUT2D eigenvalue weighted by atomic mass is 16.6. The molecule has 0 bridgehead atoms. The summed E-state index contributed by atoms with van der Waals surface area (Å²) in [4.78, 5) is 31.0. The minimum atomic E-state index is -1.34. The number of esters is 2. The topological polar surface area (TPSA) is 80.7 Å². The Morgan fingerprint density at radius 3 is 2.25 bits per heavy atom. The van der Waals surface area contributed by atoms with E-state index >= 15 is 0 Å². The van der Waals surface area contributed by atoms with Crippen LogP contribution in [0.1, 0.15) is 13.3 Å². The monoisotopic (exact) mass is 172 g/mol. The van der Waals surface area contributed by atoms with Gasteiger partial charge in [0.25, 0.3) is 0 Å². The summed E-state index contributed by atoms with van der Waals surface area (Å²) in [5.74, 6) is -3.33. The van der Waals surface area contributed by atoms with Gasteiger partial charge in [0.05, 0.1) is 0 Å². The van der Waals surface area contributed by atoms with Crippen molar-refractivity contribution < 1.29 is 24.2 Å². The second kappa shape index (κ2) is 4.27. The van der Waals surface area contributed by atoms with Crippen molar-refractivity contribution in [3.8, 4) is 0 Å². The van der Waals surface area contributed by atoms with Crippen molar-refractivity contribution in [2.24, 2.45) is 0 Å². The molecule has 12 heavy (non-hydrogen) atoms. The van der Waals surface area contributed by atoms with Crippen molar-refractivity contribution in [3.63, 3.8) is 0 Å². The number of carbonyl (C=O) groups excluding carboxylic acids is 2. The van der Waals surface area contributed by atoms with Crippen LogP contribution < -0.4 is 0 Å². The van der Waals surface area contributed by atoms with Crippen LogP contribution in [-0.4, -0.2) is 23.0 Å². The van der Waals surface area contributed by atoms with Gasteiger partial charge in [-0.05, 0) is 6.92 Å². The van der Waals surface area contributed by atoms with Crippen molar-refractivity contribution in [2.75, 3.05) is 0 Å². The summed E-state index contributed by atoms with van der Waals surface area (Å²) < 4.78 is 4.06. The van der Waals surface area contributed by atoms with Gasteiger partial charge in [0, 0.05) is 5.57 Å². The van der Waals surface area contributed by atoms with E-state index in [-0.39, 0.29) is 5.57 Å². The van der Waals surface area contributed by atoms with Crippen molar-refractivity contribution in [2.45, 2.75) is 13.3 Å². The van der Waals surface area contributed by atoms with Crippen molar-refractivity contribution in [1.82, 2.24) is 0 Å². The van der Waals surface area contributed by atoms with E-state index in [0.29, 0.717) is 0 Å². The van der Waals surface area contributed by atoms with E-state index in [1.54, 1.807) is 0 Å². The van der Waals surface area contributed by atoms with Crippen LogP contribution in [0.3, 0.4) is 0 Å². The fraction of sp³-hybridized carbons (Fsp3) is 0.286. The average Bonchev–Trinajstić information content (AvgIpc) is 1.84. The van der Waals surface area contributed by atoms with Crippen LogP contribution in [0.2, 0.25) is 0 Å². The molecule has 0 radical (unpaired) electrons. The number of carboxylic acid groups (broad SMARTS) is 1. The van der Waals surface area contributed by atoms with Crippen LogP contribution in [0.25, 0.3) is 0 Å². The molecule has 66 valence electrons. The van der Waals surface area contributed by atoms with Crippen molar-refractivity contribution in [3.05, 3.63) is 12.2 Å². The molecule has 0 aromatic carbocycles. The van der Waals surface area contributed by atoms with Crippen LogP contribution >= 0.6 is 0 Å². The van der Waals surface area contributed by atoms with Gasteiger partial charge in [0.2, 0.25) is 0 Å². The third kappa shape index (κ3) is 4.21. The number of carbonyl (C=O) groups is 3. The number of carboxylic acids is 1. The van der Waals surface area contributed by atoms with Crippen LogP contribution in [0.15, 0.2) is 12.2 Å². The van der Waals surface area contributed by atoms with E-state index in [0.717, 1.165) is 0 Å². The first-order valence-corrected chi connectivity index (χ1v) is 3.05. The fourth-order valence-corrected chi connectivity index (χ4v) is 0.350. The van der Waals surface area contributed by atoms with Crippen LogP contribution in [0.5, 0.6) is 0 Å². The molecular formula is C7H8O5. The maximum absolute atomic E-state index is 10.6. The van der Waals surface area contributed by atoms with E-state index < -0.39 is 24.3 Å². The Morgan fingerprint density at radius 1 is 1.42 bits per heavy atom. The highest BCUT2D eigenvalue weighted by molar-refractivity contribution is 6.00. The maximum atomic E-state index is 10.6. The van der Waals surface area contributed by atoms with Crippen LogP contribution in [0, 0.1) is 0 Å². The van der Waals surface area contributed by atoms with Gasteiger partial charge in [-0.25, -0.2) is 4.79 Å². The summed E-state index contributed by atoms with van der Waals surface area (Å²) in [7, 11) is 0. The van der Waals surface area contributed by atoms with Gasteiger partial charge in [-0.1, -0.05) is 6.58 Å². The first-order valence-electron chi connectivity index (χ1n) is 3.05. The zero-order valence-corrected chi connectivity index (χ0v) is 6.49. The fourth-order valence-electron chi connectivity index (χ4n) is 0.350. The predicted molar refractivity (Wildman–Crippen MR) is 38.2 cm³/mol. The summed E-state index contributed by atoms with van der Waals surface area (Å²) in [6.07, 6.45) is -0.820. The Hall–Kier alpha value is -1.65. The SMILES string of the molecule is C=C(C)C(=O)OC(=O)CC(=O)O. The third-order valence-electron chi connectivity index (χ3n) is 0.851. The van der Waals surface area contributed by atoms with E-state index in [9.17, 15) is 14.4 Å². The minimum absolute atomic E-state index is 0.0498. The standard InChI is InChI=1S/C7H8O5/c1-4(2)7(11)12-6(10)3-5(8)9/h1,3H2,2H3,(H,8,9). The molecule has 5 heteroatoms. The van der Waals surface area contributed by atoms with Gasteiger partial charge in [-0.15, -0.1) is 0 Å². The molecule has 1 N–H and O–H groups in total. The van der Waals surface area contributed by atoms with Crippen LogP contribution in [-0.2, 0) is 19.1 Å². The van der Waals surface area contributed by atoms with Crippen LogP contribution in [0.4, 0.5) is 0 Å². The first kappa shape index (κ1) is 10.3. The predicted octanol–water partition coefficient (Wildman–Crippen LogP) is 0.107.